The van der Waals surface area contributed by atoms with E-state index in [-0.39, 0.29) is 17.9 Å². The van der Waals surface area contributed by atoms with Crippen molar-refractivity contribution in [1.82, 2.24) is 10.2 Å². The van der Waals surface area contributed by atoms with Crippen LogP contribution in [-0.2, 0) is 17.6 Å². The van der Waals surface area contributed by atoms with Crippen molar-refractivity contribution < 1.29 is 4.79 Å². The van der Waals surface area contributed by atoms with Gasteiger partial charge in [-0.25, -0.2) is 0 Å². The van der Waals surface area contributed by atoms with E-state index < -0.39 is 0 Å². The average molecular weight is 385 g/mol. The van der Waals surface area contributed by atoms with Gasteiger partial charge in [0.15, 0.2) is 0 Å². The first-order valence-corrected chi connectivity index (χ1v) is 10.5. The Kier molecular flexibility index (Phi) is 6.38. The lowest BCUT2D eigenvalue weighted by Gasteiger charge is -2.38. The lowest BCUT2D eigenvalue weighted by Crippen LogP contribution is -2.55. The molecule has 3 aromatic carbocycles. The van der Waals surface area contributed by atoms with E-state index in [2.05, 4.69) is 58.7 Å². The molecule has 3 aromatic rings. The van der Waals surface area contributed by atoms with Crippen LogP contribution >= 0.6 is 0 Å². The summed E-state index contributed by atoms with van der Waals surface area (Å²) in [5.74, 6) is 0.0810. The Morgan fingerprint density at radius 2 is 1.45 bits per heavy atom. The van der Waals surface area contributed by atoms with Gasteiger partial charge in [0.05, 0.1) is 5.92 Å². The van der Waals surface area contributed by atoms with Crippen LogP contribution in [0, 0.1) is 0 Å². The summed E-state index contributed by atoms with van der Waals surface area (Å²) in [6.07, 6.45) is 1.61. The number of rotatable bonds is 6. The number of carbonyl (C=O) groups excluding carboxylic acids is 1. The molecule has 29 heavy (non-hydrogen) atoms. The summed E-state index contributed by atoms with van der Waals surface area (Å²) in [5, 5.41) is 3.47. The Bertz CT molecular complexity index is 896. The molecule has 148 valence electrons. The Morgan fingerprint density at radius 1 is 0.862 bits per heavy atom. The second-order valence-corrected chi connectivity index (χ2v) is 7.73. The van der Waals surface area contributed by atoms with Crippen molar-refractivity contribution >= 4 is 5.91 Å². The molecule has 1 fully saturated rings. The Balaban J connectivity index is 1.59. The van der Waals surface area contributed by atoms with Gasteiger partial charge in [-0.15, -0.1) is 0 Å². The Hall–Kier alpha value is -2.91. The summed E-state index contributed by atoms with van der Waals surface area (Å²) in [5.41, 5.74) is 3.57. The molecule has 3 nitrogen and oxygen atoms in total. The quantitative estimate of drug-likeness (QED) is 0.695. The molecule has 0 spiro atoms. The van der Waals surface area contributed by atoms with Crippen LogP contribution in [-0.4, -0.2) is 36.5 Å². The highest BCUT2D eigenvalue weighted by Gasteiger charge is 2.32. The number of hydrogen-bond donors (Lipinski definition) is 1. The van der Waals surface area contributed by atoms with E-state index in [0.29, 0.717) is 0 Å². The Labute approximate surface area is 173 Å². The maximum Gasteiger partial charge on any atom is 0.230 e. The lowest BCUT2D eigenvalue weighted by atomic mass is 9.89. The zero-order valence-corrected chi connectivity index (χ0v) is 16.7. The molecular formula is C26H28N2O. The summed E-state index contributed by atoms with van der Waals surface area (Å²) in [6.45, 7) is 2.45. The molecule has 1 saturated heterocycles. The normalized spacial score (nSPS) is 17.7. The van der Waals surface area contributed by atoms with Gasteiger partial charge in [-0.1, -0.05) is 91.0 Å². The maximum atomic E-state index is 13.8. The lowest BCUT2D eigenvalue weighted by molar-refractivity contribution is -0.136. The summed E-state index contributed by atoms with van der Waals surface area (Å²) in [4.78, 5) is 15.9. The van der Waals surface area contributed by atoms with Crippen molar-refractivity contribution in [3.05, 3.63) is 108 Å². The molecule has 2 atom stereocenters. The minimum atomic E-state index is -0.157. The number of hydrogen-bond acceptors (Lipinski definition) is 2. The van der Waals surface area contributed by atoms with E-state index in [1.54, 1.807) is 0 Å². The predicted molar refractivity (Wildman–Crippen MR) is 118 cm³/mol. The van der Waals surface area contributed by atoms with Crippen molar-refractivity contribution in [3.8, 4) is 0 Å². The molecule has 0 bridgehead atoms. The zero-order valence-electron chi connectivity index (χ0n) is 16.7. The van der Waals surface area contributed by atoms with Crippen molar-refractivity contribution in [2.24, 2.45) is 0 Å². The highest BCUT2D eigenvalue weighted by atomic mass is 16.2. The molecule has 1 unspecified atom stereocenters. The molecule has 1 heterocycles. The summed E-state index contributed by atoms with van der Waals surface area (Å²) >= 11 is 0. The first-order valence-electron chi connectivity index (χ1n) is 10.5. The maximum absolute atomic E-state index is 13.8. The fraction of sp³-hybridized carbons (Fsp3) is 0.269. The third-order valence-electron chi connectivity index (χ3n) is 5.73. The molecular weight excluding hydrogens is 356 g/mol. The van der Waals surface area contributed by atoms with E-state index in [9.17, 15) is 4.79 Å². The summed E-state index contributed by atoms with van der Waals surface area (Å²) < 4.78 is 0. The van der Waals surface area contributed by atoms with Crippen LogP contribution in [0.3, 0.4) is 0 Å². The molecule has 1 N–H and O–H groups in total. The molecule has 0 radical (unpaired) electrons. The van der Waals surface area contributed by atoms with Crippen LogP contribution in [0.2, 0.25) is 0 Å². The second kappa shape index (κ2) is 9.53. The summed E-state index contributed by atoms with van der Waals surface area (Å²) in [7, 11) is 0. The number of nitrogens with zero attached hydrogens (tertiary/aromatic N) is 1. The standard InChI is InChI=1S/C26H28N2O/c29-26(28-17-16-27-20-24(28)18-21-10-4-1-5-11-21)25(23-14-8-3-9-15-23)19-22-12-6-2-7-13-22/h1-15,24-25,27H,16-20H2/t24-,25?/m1/s1. The first-order chi connectivity index (χ1) is 14.3. The van der Waals surface area contributed by atoms with Crippen LogP contribution in [0.5, 0.6) is 0 Å². The monoisotopic (exact) mass is 384 g/mol. The van der Waals surface area contributed by atoms with E-state index >= 15 is 0 Å². The predicted octanol–water partition coefficient (Wildman–Crippen LogP) is 4.06. The highest BCUT2D eigenvalue weighted by molar-refractivity contribution is 5.84. The van der Waals surface area contributed by atoms with Crippen LogP contribution in [0.4, 0.5) is 0 Å². The Morgan fingerprint density at radius 3 is 2.10 bits per heavy atom. The van der Waals surface area contributed by atoms with Crippen molar-refractivity contribution in [2.75, 3.05) is 19.6 Å². The average Bonchev–Trinajstić information content (AvgIpc) is 2.79. The van der Waals surface area contributed by atoms with Gasteiger partial charge in [0.25, 0.3) is 0 Å². The van der Waals surface area contributed by atoms with E-state index in [0.717, 1.165) is 38.0 Å². The largest absolute Gasteiger partial charge is 0.336 e. The van der Waals surface area contributed by atoms with Gasteiger partial charge in [0.2, 0.25) is 5.91 Å². The zero-order chi connectivity index (χ0) is 19.9. The molecule has 1 aliphatic rings. The van der Waals surface area contributed by atoms with E-state index in [1.807, 2.05) is 42.5 Å². The van der Waals surface area contributed by atoms with Gasteiger partial charge in [-0.05, 0) is 29.5 Å². The van der Waals surface area contributed by atoms with Gasteiger partial charge < -0.3 is 10.2 Å². The molecule has 1 aliphatic heterocycles. The first kappa shape index (κ1) is 19.4. The minimum absolute atomic E-state index is 0.157. The fourth-order valence-electron chi connectivity index (χ4n) is 4.20. The van der Waals surface area contributed by atoms with Gasteiger partial charge in [0.1, 0.15) is 0 Å². The van der Waals surface area contributed by atoms with Crippen LogP contribution < -0.4 is 5.32 Å². The number of amides is 1. The van der Waals surface area contributed by atoms with Crippen LogP contribution in [0.1, 0.15) is 22.6 Å². The van der Waals surface area contributed by atoms with Crippen molar-refractivity contribution in [1.29, 1.82) is 0 Å². The van der Waals surface area contributed by atoms with Gasteiger partial charge >= 0.3 is 0 Å². The third kappa shape index (κ3) is 4.93. The SMILES string of the molecule is O=C(C(Cc1ccccc1)c1ccccc1)N1CCNC[C@H]1Cc1ccccc1. The smallest absolute Gasteiger partial charge is 0.230 e. The molecule has 4 rings (SSSR count). The van der Waals surface area contributed by atoms with Crippen LogP contribution in [0.25, 0.3) is 0 Å². The number of benzene rings is 3. The second-order valence-electron chi connectivity index (χ2n) is 7.73. The van der Waals surface area contributed by atoms with Gasteiger partial charge in [-0.2, -0.15) is 0 Å². The molecule has 0 aliphatic carbocycles. The molecule has 3 heteroatoms. The van der Waals surface area contributed by atoms with Gasteiger partial charge in [-0.3, -0.25) is 4.79 Å². The fourth-order valence-corrected chi connectivity index (χ4v) is 4.20. The molecule has 0 saturated carbocycles. The summed E-state index contributed by atoms with van der Waals surface area (Å²) in [6, 6.07) is 31.2. The van der Waals surface area contributed by atoms with E-state index in [4.69, 9.17) is 0 Å². The molecule has 0 aromatic heterocycles. The topological polar surface area (TPSA) is 32.3 Å². The molecule has 1 amide bonds. The van der Waals surface area contributed by atoms with Crippen molar-refractivity contribution in [2.45, 2.75) is 24.8 Å². The van der Waals surface area contributed by atoms with E-state index in [1.165, 1.54) is 11.1 Å². The number of carbonyl (C=O) groups is 1. The van der Waals surface area contributed by atoms with Crippen LogP contribution in [0.15, 0.2) is 91.0 Å². The minimum Gasteiger partial charge on any atom is -0.336 e. The van der Waals surface area contributed by atoms with Crippen molar-refractivity contribution in [3.63, 3.8) is 0 Å². The number of nitrogens with one attached hydrogen (secondary N) is 1. The van der Waals surface area contributed by atoms with Gasteiger partial charge in [0, 0.05) is 25.7 Å². The highest BCUT2D eigenvalue weighted by Crippen LogP contribution is 2.25. The third-order valence-corrected chi connectivity index (χ3v) is 5.73. The number of piperazine rings is 1.